The minimum absolute atomic E-state index is 0.00776. The normalized spacial score (nSPS) is 11.7. The van der Waals surface area contributed by atoms with Gasteiger partial charge in [0.15, 0.2) is 0 Å². The van der Waals surface area contributed by atoms with Crippen LogP contribution in [0.4, 0.5) is 5.13 Å². The van der Waals surface area contributed by atoms with Crippen molar-refractivity contribution in [3.63, 3.8) is 0 Å². The number of nitriles is 1. The summed E-state index contributed by atoms with van der Waals surface area (Å²) in [6, 6.07) is 9.18. The minimum atomic E-state index is -3.54. The van der Waals surface area contributed by atoms with Gasteiger partial charge in [0, 0.05) is 17.5 Å². The van der Waals surface area contributed by atoms with Gasteiger partial charge in [0.05, 0.1) is 25.7 Å². The van der Waals surface area contributed by atoms with Crippen LogP contribution >= 0.6 is 11.3 Å². The molecule has 0 spiro atoms. The van der Waals surface area contributed by atoms with Crippen molar-refractivity contribution in [1.82, 2.24) is 14.8 Å². The average Bonchev–Trinajstić information content (AvgIpc) is 3.41. The Balaban J connectivity index is 1.93. The van der Waals surface area contributed by atoms with Crippen LogP contribution in [0.25, 0.3) is 11.8 Å². The molecule has 3 aromatic rings. The quantitative estimate of drug-likeness (QED) is 0.282. The Morgan fingerprint density at radius 2 is 1.97 bits per heavy atom. The van der Waals surface area contributed by atoms with E-state index in [0.29, 0.717) is 17.1 Å². The molecule has 0 radical (unpaired) electrons. The van der Waals surface area contributed by atoms with Crippen LogP contribution in [0.15, 0.2) is 34.2 Å². The Bertz CT molecular complexity index is 1410. The Labute approximate surface area is 201 Å². The van der Waals surface area contributed by atoms with Crippen LogP contribution in [-0.2, 0) is 14.6 Å². The van der Waals surface area contributed by atoms with E-state index >= 15 is 0 Å². The summed E-state index contributed by atoms with van der Waals surface area (Å²) in [6.07, 6.45) is 1.47. The fourth-order valence-corrected chi connectivity index (χ4v) is 5.23. The number of ether oxygens (including phenoxy) is 2. The summed E-state index contributed by atoms with van der Waals surface area (Å²) in [7, 11) is -0.400. The van der Waals surface area contributed by atoms with Gasteiger partial charge in [-0.1, -0.05) is 18.3 Å². The average molecular weight is 502 g/mol. The van der Waals surface area contributed by atoms with Gasteiger partial charge in [0.25, 0.3) is 5.91 Å². The van der Waals surface area contributed by atoms with E-state index in [4.69, 9.17) is 9.47 Å². The van der Waals surface area contributed by atoms with Crippen molar-refractivity contribution < 1.29 is 22.7 Å². The van der Waals surface area contributed by atoms with E-state index in [0.717, 1.165) is 28.4 Å². The van der Waals surface area contributed by atoms with E-state index in [1.807, 2.05) is 42.7 Å². The molecule has 3 rings (SSSR count). The molecule has 0 bridgehead atoms. The zero-order valence-corrected chi connectivity index (χ0v) is 20.9. The maximum atomic E-state index is 12.7. The highest BCUT2D eigenvalue weighted by Crippen LogP contribution is 2.32. The van der Waals surface area contributed by atoms with Gasteiger partial charge in [0.2, 0.25) is 19.3 Å². The molecule has 0 aliphatic heterocycles. The molecule has 12 heteroatoms. The molecule has 0 unspecified atom stereocenters. The number of hydrogen-bond donors (Lipinski definition) is 1. The number of nitrogens with one attached hydrogen (secondary N) is 1. The highest BCUT2D eigenvalue weighted by atomic mass is 32.2. The largest absolute Gasteiger partial charge is 0.497 e. The third kappa shape index (κ3) is 4.95. The van der Waals surface area contributed by atoms with Gasteiger partial charge in [-0.3, -0.25) is 10.1 Å². The first-order valence-corrected chi connectivity index (χ1v) is 12.5. The first kappa shape index (κ1) is 24.9. The molecular formula is C22H23N5O5S2. The number of rotatable bonds is 8. The highest BCUT2D eigenvalue weighted by molar-refractivity contribution is 7.93. The summed E-state index contributed by atoms with van der Waals surface area (Å²) in [6.45, 7) is 5.25. The number of aromatic nitrogens is 3. The fraction of sp³-hybridized carbons (Fsp3) is 0.273. The van der Waals surface area contributed by atoms with Gasteiger partial charge in [0.1, 0.15) is 23.1 Å². The SMILES string of the molecule is CCS(=O)(=O)c1nnc(NC(=O)/C(C#N)=C\c2cc(C)n(-c3ccc(OC)cc3OC)c2C)s1. The zero-order chi connectivity index (χ0) is 25.0. The molecule has 0 atom stereocenters. The molecule has 2 heterocycles. The predicted octanol–water partition coefficient (Wildman–Crippen LogP) is 3.30. The second-order valence-corrected chi connectivity index (χ2v) is 10.5. The summed E-state index contributed by atoms with van der Waals surface area (Å²) in [4.78, 5) is 12.7. The number of nitrogens with zero attached hydrogens (tertiary/aromatic N) is 4. The number of methoxy groups -OCH3 is 2. The zero-order valence-electron chi connectivity index (χ0n) is 19.2. The number of amides is 1. The van der Waals surface area contributed by atoms with E-state index < -0.39 is 15.7 Å². The Kier molecular flexibility index (Phi) is 7.38. The Morgan fingerprint density at radius 1 is 1.24 bits per heavy atom. The van der Waals surface area contributed by atoms with Crippen LogP contribution in [0.3, 0.4) is 0 Å². The van der Waals surface area contributed by atoms with E-state index in [9.17, 15) is 18.5 Å². The summed E-state index contributed by atoms with van der Waals surface area (Å²) < 4.78 is 36.4. The van der Waals surface area contributed by atoms with Gasteiger partial charge in [-0.15, -0.1) is 10.2 Å². The number of hydrogen-bond acceptors (Lipinski definition) is 9. The van der Waals surface area contributed by atoms with Crippen LogP contribution in [-0.4, -0.2) is 49.1 Å². The molecule has 178 valence electrons. The van der Waals surface area contributed by atoms with Crippen LogP contribution in [0.5, 0.6) is 11.5 Å². The number of carbonyl (C=O) groups excluding carboxylic acids is 1. The third-order valence-electron chi connectivity index (χ3n) is 5.04. The number of benzene rings is 1. The smallest absolute Gasteiger partial charge is 0.268 e. The molecule has 1 amide bonds. The monoisotopic (exact) mass is 501 g/mol. The van der Waals surface area contributed by atoms with Crippen molar-refractivity contribution in [3.8, 4) is 23.3 Å². The molecule has 2 aromatic heterocycles. The summed E-state index contributed by atoms with van der Waals surface area (Å²) in [5, 5.41) is 19.3. The lowest BCUT2D eigenvalue weighted by molar-refractivity contribution is -0.112. The first-order chi connectivity index (χ1) is 16.1. The number of sulfone groups is 1. The van der Waals surface area contributed by atoms with Gasteiger partial charge >= 0.3 is 0 Å². The first-order valence-electron chi connectivity index (χ1n) is 10.1. The lowest BCUT2D eigenvalue weighted by atomic mass is 10.1. The maximum Gasteiger partial charge on any atom is 0.268 e. The second kappa shape index (κ2) is 10.1. The molecule has 34 heavy (non-hydrogen) atoms. The van der Waals surface area contributed by atoms with E-state index in [1.165, 1.54) is 13.0 Å². The van der Waals surface area contributed by atoms with Crippen molar-refractivity contribution >= 4 is 38.3 Å². The number of aryl methyl sites for hydroxylation is 1. The van der Waals surface area contributed by atoms with Crippen LogP contribution in [0.2, 0.25) is 0 Å². The third-order valence-corrected chi connectivity index (χ3v) is 8.05. The van der Waals surface area contributed by atoms with E-state index in [1.54, 1.807) is 20.3 Å². The predicted molar refractivity (Wildman–Crippen MR) is 128 cm³/mol. The molecule has 0 saturated heterocycles. The summed E-state index contributed by atoms with van der Waals surface area (Å²) in [5.74, 6) is 0.404. The molecule has 10 nitrogen and oxygen atoms in total. The summed E-state index contributed by atoms with van der Waals surface area (Å²) in [5.41, 5.74) is 2.92. The van der Waals surface area contributed by atoms with Gasteiger partial charge in [-0.05, 0) is 43.7 Å². The molecule has 0 fully saturated rings. The highest BCUT2D eigenvalue weighted by Gasteiger charge is 2.21. The lowest BCUT2D eigenvalue weighted by Gasteiger charge is -2.15. The van der Waals surface area contributed by atoms with Crippen LogP contribution in [0.1, 0.15) is 23.9 Å². The van der Waals surface area contributed by atoms with Crippen LogP contribution in [0, 0.1) is 25.2 Å². The standard InChI is InChI=1S/C22H23N5O5S2/c1-6-34(29,30)22-26-25-21(33-22)24-20(28)16(12-23)10-15-9-13(2)27(14(15)3)18-8-7-17(31-4)11-19(18)32-5/h7-11H,6H2,1-5H3,(H,24,25,28)/b16-10-. The Hall–Kier alpha value is -3.69. The minimum Gasteiger partial charge on any atom is -0.497 e. The molecule has 1 N–H and O–H groups in total. The molecule has 1 aromatic carbocycles. The fourth-order valence-electron chi connectivity index (χ4n) is 3.25. The van der Waals surface area contributed by atoms with Crippen molar-refractivity contribution in [2.24, 2.45) is 0 Å². The van der Waals surface area contributed by atoms with Gasteiger partial charge in [-0.25, -0.2) is 8.42 Å². The topological polar surface area (TPSA) is 136 Å². The van der Waals surface area contributed by atoms with Gasteiger partial charge < -0.3 is 14.0 Å². The van der Waals surface area contributed by atoms with Gasteiger partial charge in [-0.2, -0.15) is 5.26 Å². The van der Waals surface area contributed by atoms with Crippen molar-refractivity contribution in [1.29, 1.82) is 5.26 Å². The lowest BCUT2D eigenvalue weighted by Crippen LogP contribution is -2.13. The molecule has 0 aliphatic carbocycles. The van der Waals surface area contributed by atoms with Crippen LogP contribution < -0.4 is 14.8 Å². The number of anilines is 1. The Morgan fingerprint density at radius 3 is 2.59 bits per heavy atom. The molecular weight excluding hydrogens is 478 g/mol. The molecule has 0 aliphatic rings. The molecule has 0 saturated carbocycles. The summed E-state index contributed by atoms with van der Waals surface area (Å²) >= 11 is 0.734. The number of carbonyl (C=O) groups is 1. The van der Waals surface area contributed by atoms with Crippen molar-refractivity contribution in [2.45, 2.75) is 25.1 Å². The van der Waals surface area contributed by atoms with Crippen molar-refractivity contribution in [2.75, 3.05) is 25.3 Å². The maximum absolute atomic E-state index is 12.7. The second-order valence-electron chi connectivity index (χ2n) is 7.10. The van der Waals surface area contributed by atoms with E-state index in [-0.39, 0.29) is 20.8 Å². The van der Waals surface area contributed by atoms with E-state index in [2.05, 4.69) is 15.5 Å². The van der Waals surface area contributed by atoms with Crippen molar-refractivity contribution in [3.05, 3.63) is 46.8 Å².